The zero-order valence-electron chi connectivity index (χ0n) is 11.9. The van der Waals surface area contributed by atoms with Gasteiger partial charge in [0.05, 0.1) is 5.56 Å². The average Bonchev–Trinajstić information content (AvgIpc) is 2.38. The van der Waals surface area contributed by atoms with Crippen LogP contribution in [0.5, 0.6) is 5.75 Å². The fourth-order valence-electron chi connectivity index (χ4n) is 2.64. The van der Waals surface area contributed by atoms with Gasteiger partial charge in [0.15, 0.2) is 0 Å². The van der Waals surface area contributed by atoms with Crippen molar-refractivity contribution in [3.63, 3.8) is 0 Å². The minimum absolute atomic E-state index is 0.0693. The maximum absolute atomic E-state index is 12.4. The number of piperazine rings is 1. The Kier molecular flexibility index (Phi) is 4.10. The first kappa shape index (κ1) is 13.9. The monoisotopic (exact) mass is 262 g/mol. The van der Waals surface area contributed by atoms with E-state index in [1.54, 1.807) is 12.1 Å². The second-order valence-electron chi connectivity index (χ2n) is 5.25. The topological polar surface area (TPSA) is 43.8 Å². The summed E-state index contributed by atoms with van der Waals surface area (Å²) in [5.74, 6) is 0.00989. The quantitative estimate of drug-likeness (QED) is 0.885. The van der Waals surface area contributed by atoms with Gasteiger partial charge in [-0.05, 0) is 38.1 Å². The van der Waals surface area contributed by atoms with E-state index in [0.717, 1.165) is 31.7 Å². The Morgan fingerprint density at radius 3 is 2.74 bits per heavy atom. The molecule has 19 heavy (non-hydrogen) atoms. The van der Waals surface area contributed by atoms with Crippen molar-refractivity contribution < 1.29 is 9.90 Å². The van der Waals surface area contributed by atoms with Gasteiger partial charge < -0.3 is 10.0 Å². The van der Waals surface area contributed by atoms with Crippen molar-refractivity contribution in [2.45, 2.75) is 26.8 Å². The van der Waals surface area contributed by atoms with Gasteiger partial charge in [-0.15, -0.1) is 0 Å². The lowest BCUT2D eigenvalue weighted by molar-refractivity contribution is 0.0525. The molecule has 0 aromatic heterocycles. The highest BCUT2D eigenvalue weighted by Gasteiger charge is 2.27. The molecule has 1 amide bonds. The van der Waals surface area contributed by atoms with Gasteiger partial charge in [0, 0.05) is 25.7 Å². The second-order valence-corrected chi connectivity index (χ2v) is 5.25. The molecule has 0 spiro atoms. The van der Waals surface area contributed by atoms with Crippen LogP contribution in [0.4, 0.5) is 0 Å². The molecule has 0 radical (unpaired) electrons. The molecule has 0 bridgehead atoms. The number of phenolic OH excluding ortho intramolecular Hbond substituents is 1. The Labute approximate surface area is 114 Å². The first-order valence-corrected chi connectivity index (χ1v) is 6.86. The Hall–Kier alpha value is -1.55. The van der Waals surface area contributed by atoms with E-state index in [0.29, 0.717) is 11.6 Å². The van der Waals surface area contributed by atoms with Crippen molar-refractivity contribution >= 4 is 5.91 Å². The molecule has 1 N–H and O–H groups in total. The van der Waals surface area contributed by atoms with Crippen molar-refractivity contribution in [3.05, 3.63) is 29.3 Å². The number of carbonyl (C=O) groups excluding carboxylic acids is 1. The maximum Gasteiger partial charge on any atom is 0.257 e. The van der Waals surface area contributed by atoms with Gasteiger partial charge in [0.1, 0.15) is 5.75 Å². The van der Waals surface area contributed by atoms with Gasteiger partial charge in [-0.2, -0.15) is 0 Å². The zero-order chi connectivity index (χ0) is 14.0. The molecule has 1 saturated heterocycles. The third-order valence-corrected chi connectivity index (χ3v) is 3.84. The highest BCUT2D eigenvalue weighted by molar-refractivity contribution is 5.97. The summed E-state index contributed by atoms with van der Waals surface area (Å²) >= 11 is 0. The van der Waals surface area contributed by atoms with Crippen LogP contribution in [-0.2, 0) is 0 Å². The van der Waals surface area contributed by atoms with E-state index in [-0.39, 0.29) is 11.7 Å². The molecule has 1 aromatic rings. The number of carbonyl (C=O) groups is 1. The number of nitrogens with zero attached hydrogens (tertiary/aromatic N) is 2. The Balaban J connectivity index is 2.12. The molecule has 1 fully saturated rings. The zero-order valence-corrected chi connectivity index (χ0v) is 11.9. The van der Waals surface area contributed by atoms with Gasteiger partial charge in [0.2, 0.25) is 0 Å². The van der Waals surface area contributed by atoms with E-state index in [9.17, 15) is 9.90 Å². The van der Waals surface area contributed by atoms with Crippen molar-refractivity contribution in [1.29, 1.82) is 0 Å². The predicted octanol–water partition coefficient (Wildman–Crippen LogP) is 1.87. The van der Waals surface area contributed by atoms with Crippen LogP contribution in [0.3, 0.4) is 0 Å². The van der Waals surface area contributed by atoms with Crippen molar-refractivity contribution in [1.82, 2.24) is 9.80 Å². The van der Waals surface area contributed by atoms with Crippen LogP contribution < -0.4 is 0 Å². The van der Waals surface area contributed by atoms with Gasteiger partial charge in [0.25, 0.3) is 5.91 Å². The van der Waals surface area contributed by atoms with Crippen LogP contribution in [0.25, 0.3) is 0 Å². The molecule has 0 aliphatic carbocycles. The molecule has 4 heteroatoms. The number of phenols is 1. The summed E-state index contributed by atoms with van der Waals surface area (Å²) in [6.07, 6.45) is 0. The smallest absolute Gasteiger partial charge is 0.257 e. The molecule has 1 atom stereocenters. The van der Waals surface area contributed by atoms with E-state index in [4.69, 9.17) is 0 Å². The van der Waals surface area contributed by atoms with E-state index >= 15 is 0 Å². The summed E-state index contributed by atoms with van der Waals surface area (Å²) in [6, 6.07) is 5.58. The summed E-state index contributed by atoms with van der Waals surface area (Å²) < 4.78 is 0. The number of hydrogen-bond acceptors (Lipinski definition) is 3. The summed E-state index contributed by atoms with van der Waals surface area (Å²) in [7, 11) is 0. The lowest BCUT2D eigenvalue weighted by atomic mass is 10.1. The Morgan fingerprint density at radius 1 is 1.42 bits per heavy atom. The van der Waals surface area contributed by atoms with Crippen molar-refractivity contribution in [2.75, 3.05) is 26.2 Å². The molecule has 4 nitrogen and oxygen atoms in total. The van der Waals surface area contributed by atoms with Gasteiger partial charge in [-0.1, -0.05) is 13.0 Å². The van der Waals surface area contributed by atoms with Crippen LogP contribution in [0.15, 0.2) is 18.2 Å². The third kappa shape index (κ3) is 2.89. The molecule has 2 rings (SSSR count). The SMILES string of the molecule is CCN1CCN(C(=O)c2ccc(C)cc2O)CC1C. The van der Waals surface area contributed by atoms with E-state index < -0.39 is 0 Å². The molecule has 1 unspecified atom stereocenters. The average molecular weight is 262 g/mol. The number of aromatic hydroxyl groups is 1. The second kappa shape index (κ2) is 5.61. The highest BCUT2D eigenvalue weighted by atomic mass is 16.3. The van der Waals surface area contributed by atoms with Crippen LogP contribution in [0.1, 0.15) is 29.8 Å². The normalized spacial score (nSPS) is 20.6. The standard InChI is InChI=1S/C15H22N2O2/c1-4-16-7-8-17(10-12(16)3)15(19)13-6-5-11(2)9-14(13)18/h5-6,9,12,18H,4,7-8,10H2,1-3H3. The Bertz CT molecular complexity index is 473. The first-order valence-electron chi connectivity index (χ1n) is 6.86. The Morgan fingerprint density at radius 2 is 2.16 bits per heavy atom. The lowest BCUT2D eigenvalue weighted by Gasteiger charge is -2.39. The first-order chi connectivity index (χ1) is 9.02. The van der Waals surface area contributed by atoms with Crippen LogP contribution >= 0.6 is 0 Å². The van der Waals surface area contributed by atoms with Gasteiger partial charge in [-0.3, -0.25) is 9.69 Å². The molecular weight excluding hydrogens is 240 g/mol. The van der Waals surface area contributed by atoms with Crippen molar-refractivity contribution in [3.8, 4) is 5.75 Å². The summed E-state index contributed by atoms with van der Waals surface area (Å²) in [4.78, 5) is 16.6. The molecule has 104 valence electrons. The van der Waals surface area contributed by atoms with Crippen LogP contribution in [0.2, 0.25) is 0 Å². The molecule has 1 aliphatic heterocycles. The molecular formula is C15H22N2O2. The number of hydrogen-bond donors (Lipinski definition) is 1. The van der Waals surface area contributed by atoms with Crippen molar-refractivity contribution in [2.24, 2.45) is 0 Å². The number of likely N-dealkylation sites (N-methyl/N-ethyl adjacent to an activating group) is 1. The predicted molar refractivity (Wildman–Crippen MR) is 75.5 cm³/mol. The highest BCUT2D eigenvalue weighted by Crippen LogP contribution is 2.21. The third-order valence-electron chi connectivity index (χ3n) is 3.84. The van der Waals surface area contributed by atoms with Crippen LogP contribution in [0, 0.1) is 6.92 Å². The molecule has 1 heterocycles. The summed E-state index contributed by atoms with van der Waals surface area (Å²) in [6.45, 7) is 9.53. The lowest BCUT2D eigenvalue weighted by Crippen LogP contribution is -2.53. The fraction of sp³-hybridized carbons (Fsp3) is 0.533. The minimum atomic E-state index is -0.0693. The number of rotatable bonds is 2. The summed E-state index contributed by atoms with van der Waals surface area (Å²) in [5.41, 5.74) is 1.36. The summed E-state index contributed by atoms with van der Waals surface area (Å²) in [5, 5.41) is 9.90. The van der Waals surface area contributed by atoms with E-state index in [2.05, 4.69) is 18.7 Å². The molecule has 0 saturated carbocycles. The number of benzene rings is 1. The fourth-order valence-corrected chi connectivity index (χ4v) is 2.64. The molecule has 1 aromatic carbocycles. The largest absolute Gasteiger partial charge is 0.507 e. The molecule has 1 aliphatic rings. The maximum atomic E-state index is 12.4. The van der Waals surface area contributed by atoms with E-state index in [1.165, 1.54) is 0 Å². The van der Waals surface area contributed by atoms with Gasteiger partial charge >= 0.3 is 0 Å². The number of amides is 1. The number of aryl methyl sites for hydroxylation is 1. The van der Waals surface area contributed by atoms with E-state index in [1.807, 2.05) is 17.9 Å². The minimum Gasteiger partial charge on any atom is -0.507 e. The van der Waals surface area contributed by atoms with Gasteiger partial charge in [-0.25, -0.2) is 0 Å². The van der Waals surface area contributed by atoms with Crippen LogP contribution in [-0.4, -0.2) is 53.0 Å².